The molecule has 3 heteroatoms. The topological polar surface area (TPSA) is 44.5 Å². The third kappa shape index (κ3) is 3.51. The van der Waals surface area contributed by atoms with Crippen LogP contribution in [0.1, 0.15) is 11.1 Å². The van der Waals surface area contributed by atoms with E-state index in [0.29, 0.717) is 12.3 Å². The normalized spacial score (nSPS) is 10.4. The molecule has 0 heterocycles. The van der Waals surface area contributed by atoms with Gasteiger partial charge >= 0.3 is 0 Å². The number of hydrogen-bond acceptors (Lipinski definition) is 3. The van der Waals surface area contributed by atoms with Gasteiger partial charge in [0.1, 0.15) is 18.1 Å². The fourth-order valence-electron chi connectivity index (χ4n) is 2.64. The fourth-order valence-corrected chi connectivity index (χ4v) is 2.64. The number of anilines is 1. The van der Waals surface area contributed by atoms with Crippen molar-refractivity contribution in [3.63, 3.8) is 0 Å². The van der Waals surface area contributed by atoms with E-state index in [1.165, 1.54) is 0 Å². The molecule has 3 rings (SSSR count). The highest BCUT2D eigenvalue weighted by molar-refractivity contribution is 5.78. The van der Waals surface area contributed by atoms with E-state index in [1.807, 2.05) is 55.5 Å². The largest absolute Gasteiger partial charge is 0.497 e. The maximum absolute atomic E-state index is 6.14. The van der Waals surface area contributed by atoms with E-state index in [4.69, 9.17) is 15.2 Å². The van der Waals surface area contributed by atoms with Crippen molar-refractivity contribution in [2.75, 3.05) is 12.8 Å². The summed E-state index contributed by atoms with van der Waals surface area (Å²) in [5.74, 6) is 1.64. The Morgan fingerprint density at radius 1 is 0.917 bits per heavy atom. The minimum Gasteiger partial charge on any atom is -0.497 e. The third-order valence-electron chi connectivity index (χ3n) is 3.98. The van der Waals surface area contributed by atoms with Gasteiger partial charge in [0.15, 0.2) is 0 Å². The van der Waals surface area contributed by atoms with Gasteiger partial charge in [-0.1, -0.05) is 36.4 Å². The van der Waals surface area contributed by atoms with Crippen LogP contribution in [0.4, 0.5) is 5.69 Å². The molecule has 0 saturated heterocycles. The SMILES string of the molecule is COc1ccc(-c2ccc(OCc3ccccc3)c(C)c2)c(N)c1. The van der Waals surface area contributed by atoms with E-state index < -0.39 is 0 Å². The summed E-state index contributed by atoms with van der Waals surface area (Å²) in [6.45, 7) is 2.61. The van der Waals surface area contributed by atoms with Gasteiger partial charge in [0.05, 0.1) is 7.11 Å². The molecule has 3 aromatic rings. The molecule has 0 fully saturated rings. The Morgan fingerprint density at radius 2 is 1.71 bits per heavy atom. The van der Waals surface area contributed by atoms with Crippen LogP contribution in [0.5, 0.6) is 11.5 Å². The predicted octanol–water partition coefficient (Wildman–Crippen LogP) is 4.83. The molecule has 0 aromatic heterocycles. The number of aryl methyl sites for hydroxylation is 1. The summed E-state index contributed by atoms with van der Waals surface area (Å²) in [5, 5.41) is 0. The molecule has 0 atom stereocenters. The molecule has 0 aliphatic carbocycles. The molecule has 0 saturated carbocycles. The number of benzene rings is 3. The number of nitrogen functional groups attached to an aromatic ring is 1. The van der Waals surface area contributed by atoms with Crippen molar-refractivity contribution in [3.8, 4) is 22.6 Å². The molecule has 122 valence electrons. The molecule has 0 bridgehead atoms. The molecule has 0 aliphatic rings. The molecule has 24 heavy (non-hydrogen) atoms. The van der Waals surface area contributed by atoms with Crippen LogP contribution >= 0.6 is 0 Å². The Balaban J connectivity index is 1.79. The average molecular weight is 319 g/mol. The monoisotopic (exact) mass is 319 g/mol. The van der Waals surface area contributed by atoms with Gasteiger partial charge in [-0.25, -0.2) is 0 Å². The Morgan fingerprint density at radius 3 is 2.38 bits per heavy atom. The van der Waals surface area contributed by atoms with Gasteiger partial charge in [0.2, 0.25) is 0 Å². The second-order valence-corrected chi connectivity index (χ2v) is 5.71. The molecule has 0 unspecified atom stereocenters. The lowest BCUT2D eigenvalue weighted by atomic mass is 10.0. The summed E-state index contributed by atoms with van der Waals surface area (Å²) in [5.41, 5.74) is 11.1. The Labute approximate surface area is 142 Å². The summed E-state index contributed by atoms with van der Waals surface area (Å²) in [6, 6.07) is 22.0. The summed E-state index contributed by atoms with van der Waals surface area (Å²) >= 11 is 0. The number of rotatable bonds is 5. The standard InChI is InChI=1S/C21H21NO2/c1-15-12-17(19-10-9-18(23-2)13-20(19)22)8-11-21(15)24-14-16-6-4-3-5-7-16/h3-13H,14,22H2,1-2H3. The van der Waals surface area contributed by atoms with Gasteiger partial charge in [-0.05, 0) is 47.9 Å². The summed E-state index contributed by atoms with van der Waals surface area (Å²) in [4.78, 5) is 0. The zero-order valence-corrected chi connectivity index (χ0v) is 14.0. The van der Waals surface area contributed by atoms with Crippen LogP contribution < -0.4 is 15.2 Å². The highest BCUT2D eigenvalue weighted by Crippen LogP contribution is 2.32. The lowest BCUT2D eigenvalue weighted by Gasteiger charge is -2.12. The van der Waals surface area contributed by atoms with Crippen molar-refractivity contribution in [3.05, 3.63) is 77.9 Å². The van der Waals surface area contributed by atoms with Crippen molar-refractivity contribution in [2.45, 2.75) is 13.5 Å². The quantitative estimate of drug-likeness (QED) is 0.685. The molecule has 0 spiro atoms. The predicted molar refractivity (Wildman–Crippen MR) is 98.4 cm³/mol. The molecular formula is C21H21NO2. The van der Waals surface area contributed by atoms with Crippen LogP contribution in [0, 0.1) is 6.92 Å². The van der Waals surface area contributed by atoms with Crippen LogP contribution in [0.15, 0.2) is 66.7 Å². The molecule has 0 radical (unpaired) electrons. The van der Waals surface area contributed by atoms with Crippen molar-refractivity contribution in [1.82, 2.24) is 0 Å². The first-order chi connectivity index (χ1) is 11.7. The van der Waals surface area contributed by atoms with Crippen molar-refractivity contribution in [2.24, 2.45) is 0 Å². The maximum atomic E-state index is 6.14. The zero-order chi connectivity index (χ0) is 16.9. The van der Waals surface area contributed by atoms with Crippen LogP contribution in [0.3, 0.4) is 0 Å². The van der Waals surface area contributed by atoms with E-state index in [-0.39, 0.29) is 0 Å². The van der Waals surface area contributed by atoms with E-state index in [0.717, 1.165) is 33.8 Å². The number of nitrogens with two attached hydrogens (primary N) is 1. The summed E-state index contributed by atoms with van der Waals surface area (Å²) in [6.07, 6.45) is 0. The van der Waals surface area contributed by atoms with E-state index in [2.05, 4.69) is 18.2 Å². The molecule has 0 aliphatic heterocycles. The first kappa shape index (κ1) is 15.9. The van der Waals surface area contributed by atoms with Crippen LogP contribution in [-0.4, -0.2) is 7.11 Å². The second-order valence-electron chi connectivity index (χ2n) is 5.71. The first-order valence-corrected chi connectivity index (χ1v) is 7.88. The summed E-state index contributed by atoms with van der Waals surface area (Å²) < 4.78 is 11.1. The average Bonchev–Trinajstić information content (AvgIpc) is 2.61. The van der Waals surface area contributed by atoms with Gasteiger partial charge in [-0.15, -0.1) is 0 Å². The number of hydrogen-bond donors (Lipinski definition) is 1. The molecule has 3 nitrogen and oxygen atoms in total. The van der Waals surface area contributed by atoms with Crippen LogP contribution in [0.2, 0.25) is 0 Å². The van der Waals surface area contributed by atoms with Crippen LogP contribution in [-0.2, 0) is 6.61 Å². The highest BCUT2D eigenvalue weighted by Gasteiger charge is 2.07. The molecule has 2 N–H and O–H groups in total. The zero-order valence-electron chi connectivity index (χ0n) is 14.0. The van der Waals surface area contributed by atoms with Crippen molar-refractivity contribution >= 4 is 5.69 Å². The van der Waals surface area contributed by atoms with Crippen molar-refractivity contribution < 1.29 is 9.47 Å². The minimum atomic E-state index is 0.561. The van der Waals surface area contributed by atoms with Crippen molar-refractivity contribution in [1.29, 1.82) is 0 Å². The smallest absolute Gasteiger partial charge is 0.122 e. The number of ether oxygens (including phenoxy) is 2. The Hall–Kier alpha value is -2.94. The van der Waals surface area contributed by atoms with E-state index >= 15 is 0 Å². The second kappa shape index (κ2) is 7.09. The van der Waals surface area contributed by atoms with E-state index in [1.54, 1.807) is 7.11 Å². The number of methoxy groups -OCH3 is 1. The lowest BCUT2D eigenvalue weighted by Crippen LogP contribution is -1.97. The maximum Gasteiger partial charge on any atom is 0.122 e. The van der Waals surface area contributed by atoms with Gasteiger partial charge in [0.25, 0.3) is 0 Å². The Kier molecular flexibility index (Phi) is 4.71. The van der Waals surface area contributed by atoms with E-state index in [9.17, 15) is 0 Å². The van der Waals surface area contributed by atoms with Crippen LogP contribution in [0.25, 0.3) is 11.1 Å². The lowest BCUT2D eigenvalue weighted by molar-refractivity contribution is 0.304. The Bertz CT molecular complexity index is 828. The summed E-state index contributed by atoms with van der Waals surface area (Å²) in [7, 11) is 1.64. The first-order valence-electron chi connectivity index (χ1n) is 7.88. The molecular weight excluding hydrogens is 298 g/mol. The van der Waals surface area contributed by atoms with Gasteiger partial charge < -0.3 is 15.2 Å². The van der Waals surface area contributed by atoms with Gasteiger partial charge in [-0.3, -0.25) is 0 Å². The molecule has 3 aromatic carbocycles. The molecule has 0 amide bonds. The highest BCUT2D eigenvalue weighted by atomic mass is 16.5. The minimum absolute atomic E-state index is 0.561. The van der Waals surface area contributed by atoms with Gasteiger partial charge in [-0.2, -0.15) is 0 Å². The third-order valence-corrected chi connectivity index (χ3v) is 3.98. The fraction of sp³-hybridized carbons (Fsp3) is 0.143. The van der Waals surface area contributed by atoms with Gasteiger partial charge in [0, 0.05) is 17.3 Å².